The quantitative estimate of drug-likeness (QED) is 0.862. The molecule has 4 nitrogen and oxygen atoms in total. The SMILES string of the molecule is CC(CNC(=O)Cc1cccc(O)c1)Oc1ccc(F)cc1. The summed E-state index contributed by atoms with van der Waals surface area (Å²) in [6, 6.07) is 12.3. The van der Waals surface area contributed by atoms with Gasteiger partial charge in [-0.3, -0.25) is 4.79 Å². The van der Waals surface area contributed by atoms with Crippen molar-refractivity contribution in [3.05, 3.63) is 59.9 Å². The first kappa shape index (κ1) is 15.8. The molecule has 1 unspecified atom stereocenters. The summed E-state index contributed by atoms with van der Waals surface area (Å²) >= 11 is 0. The maximum absolute atomic E-state index is 12.8. The Labute approximate surface area is 128 Å². The number of halogens is 1. The second kappa shape index (κ2) is 7.45. The minimum absolute atomic E-state index is 0.137. The minimum atomic E-state index is -0.320. The molecule has 0 saturated heterocycles. The molecule has 2 aromatic rings. The number of hydrogen-bond acceptors (Lipinski definition) is 3. The number of hydrogen-bond donors (Lipinski definition) is 2. The predicted octanol–water partition coefficient (Wildman–Crippen LogP) is 2.66. The van der Waals surface area contributed by atoms with Crippen LogP contribution >= 0.6 is 0 Å². The monoisotopic (exact) mass is 303 g/mol. The Kier molecular flexibility index (Phi) is 5.36. The van der Waals surface area contributed by atoms with Crippen molar-refractivity contribution >= 4 is 5.91 Å². The van der Waals surface area contributed by atoms with Crippen LogP contribution in [-0.4, -0.2) is 23.7 Å². The van der Waals surface area contributed by atoms with Crippen LogP contribution in [0.5, 0.6) is 11.5 Å². The molecule has 0 aliphatic carbocycles. The van der Waals surface area contributed by atoms with Gasteiger partial charge in [-0.05, 0) is 48.9 Å². The second-order valence-corrected chi connectivity index (χ2v) is 5.03. The van der Waals surface area contributed by atoms with E-state index in [1.807, 2.05) is 6.92 Å². The molecule has 1 amide bonds. The first-order chi connectivity index (χ1) is 10.5. The summed E-state index contributed by atoms with van der Waals surface area (Å²) in [6.45, 7) is 2.16. The van der Waals surface area contributed by atoms with Gasteiger partial charge >= 0.3 is 0 Å². The fraction of sp³-hybridized carbons (Fsp3) is 0.235. The number of phenols is 1. The third-order valence-corrected chi connectivity index (χ3v) is 3.01. The number of ether oxygens (including phenoxy) is 1. The number of carbonyl (C=O) groups is 1. The molecule has 0 aliphatic rings. The van der Waals surface area contributed by atoms with Crippen LogP contribution in [0.15, 0.2) is 48.5 Å². The van der Waals surface area contributed by atoms with Crippen molar-refractivity contribution in [2.24, 2.45) is 0 Å². The van der Waals surface area contributed by atoms with E-state index < -0.39 is 0 Å². The molecule has 1 atom stereocenters. The molecule has 0 radical (unpaired) electrons. The summed E-state index contributed by atoms with van der Waals surface area (Å²) in [7, 11) is 0. The lowest BCUT2D eigenvalue weighted by Gasteiger charge is -2.15. The summed E-state index contributed by atoms with van der Waals surface area (Å²) < 4.78 is 18.4. The zero-order valence-corrected chi connectivity index (χ0v) is 12.3. The molecule has 0 spiro atoms. The van der Waals surface area contributed by atoms with Crippen LogP contribution in [0.1, 0.15) is 12.5 Å². The van der Waals surface area contributed by atoms with Gasteiger partial charge in [0.1, 0.15) is 23.4 Å². The normalized spacial score (nSPS) is 11.7. The zero-order valence-electron chi connectivity index (χ0n) is 12.3. The van der Waals surface area contributed by atoms with Gasteiger partial charge < -0.3 is 15.2 Å². The standard InChI is InChI=1S/C17H18FNO3/c1-12(22-16-7-5-14(18)6-8-16)11-19-17(21)10-13-3-2-4-15(20)9-13/h2-9,12,20H,10-11H2,1H3,(H,19,21). The molecule has 0 saturated carbocycles. The Hall–Kier alpha value is -2.56. The van der Waals surface area contributed by atoms with Crippen LogP contribution in [0.25, 0.3) is 0 Å². The molecule has 116 valence electrons. The number of benzene rings is 2. The van der Waals surface area contributed by atoms with Crippen LogP contribution in [0, 0.1) is 5.82 Å². The minimum Gasteiger partial charge on any atom is -0.508 e. The highest BCUT2D eigenvalue weighted by atomic mass is 19.1. The maximum Gasteiger partial charge on any atom is 0.224 e. The van der Waals surface area contributed by atoms with E-state index in [2.05, 4.69) is 5.32 Å². The van der Waals surface area contributed by atoms with Gasteiger partial charge in [0.05, 0.1) is 13.0 Å². The Balaban J connectivity index is 1.77. The largest absolute Gasteiger partial charge is 0.508 e. The first-order valence-electron chi connectivity index (χ1n) is 7.00. The van der Waals surface area contributed by atoms with Crippen LogP contribution < -0.4 is 10.1 Å². The Morgan fingerprint density at radius 3 is 2.68 bits per heavy atom. The van der Waals surface area contributed by atoms with Crippen molar-refractivity contribution in [1.29, 1.82) is 0 Å². The lowest BCUT2D eigenvalue weighted by Crippen LogP contribution is -2.34. The molecule has 5 heteroatoms. The summed E-state index contributed by atoms with van der Waals surface area (Å²) in [5.41, 5.74) is 0.740. The maximum atomic E-state index is 12.8. The molecule has 0 aromatic heterocycles. The molecule has 0 bridgehead atoms. The highest BCUT2D eigenvalue weighted by Crippen LogP contribution is 2.13. The second-order valence-electron chi connectivity index (χ2n) is 5.03. The zero-order chi connectivity index (χ0) is 15.9. The smallest absolute Gasteiger partial charge is 0.224 e. The van der Waals surface area contributed by atoms with E-state index in [1.165, 1.54) is 12.1 Å². The van der Waals surface area contributed by atoms with Crippen molar-refractivity contribution in [3.63, 3.8) is 0 Å². The highest BCUT2D eigenvalue weighted by molar-refractivity contribution is 5.78. The van der Waals surface area contributed by atoms with Crippen LogP contribution in [0.4, 0.5) is 4.39 Å². The summed E-state index contributed by atoms with van der Waals surface area (Å²) in [5, 5.41) is 12.1. The lowest BCUT2D eigenvalue weighted by atomic mass is 10.1. The molecule has 0 fully saturated rings. The number of amides is 1. The molecule has 2 N–H and O–H groups in total. The van der Waals surface area contributed by atoms with Gasteiger partial charge in [-0.25, -0.2) is 4.39 Å². The van der Waals surface area contributed by atoms with Gasteiger partial charge in [0.25, 0.3) is 0 Å². The molecule has 0 heterocycles. The Morgan fingerprint density at radius 2 is 2.00 bits per heavy atom. The van der Waals surface area contributed by atoms with E-state index >= 15 is 0 Å². The summed E-state index contributed by atoms with van der Waals surface area (Å²) in [6.07, 6.45) is -0.0453. The van der Waals surface area contributed by atoms with Gasteiger partial charge in [0.15, 0.2) is 0 Å². The van der Waals surface area contributed by atoms with E-state index in [-0.39, 0.29) is 30.0 Å². The number of nitrogens with one attached hydrogen (secondary N) is 1. The van der Waals surface area contributed by atoms with E-state index in [4.69, 9.17) is 4.74 Å². The van der Waals surface area contributed by atoms with Crippen molar-refractivity contribution in [2.45, 2.75) is 19.4 Å². The Morgan fingerprint density at radius 1 is 1.27 bits per heavy atom. The lowest BCUT2D eigenvalue weighted by molar-refractivity contribution is -0.120. The Bertz CT molecular complexity index is 628. The van der Waals surface area contributed by atoms with Gasteiger partial charge in [-0.2, -0.15) is 0 Å². The average molecular weight is 303 g/mol. The fourth-order valence-corrected chi connectivity index (χ4v) is 1.96. The molecule has 0 aliphatic heterocycles. The third-order valence-electron chi connectivity index (χ3n) is 3.01. The van der Waals surface area contributed by atoms with Crippen molar-refractivity contribution in [1.82, 2.24) is 5.32 Å². The summed E-state index contributed by atoms with van der Waals surface area (Å²) in [5.74, 6) is 0.217. The van der Waals surface area contributed by atoms with Gasteiger partial charge in [-0.1, -0.05) is 12.1 Å². The van der Waals surface area contributed by atoms with Crippen molar-refractivity contribution < 1.29 is 19.0 Å². The van der Waals surface area contributed by atoms with Gasteiger partial charge in [0.2, 0.25) is 5.91 Å². The number of aromatic hydroxyl groups is 1. The molecular formula is C17H18FNO3. The topological polar surface area (TPSA) is 58.6 Å². The van der Waals surface area contributed by atoms with Gasteiger partial charge in [0, 0.05) is 0 Å². The molecule has 2 rings (SSSR count). The van der Waals surface area contributed by atoms with Crippen molar-refractivity contribution in [3.8, 4) is 11.5 Å². The van der Waals surface area contributed by atoms with E-state index in [0.29, 0.717) is 12.3 Å². The van der Waals surface area contributed by atoms with Crippen LogP contribution in [0.2, 0.25) is 0 Å². The third kappa shape index (κ3) is 5.09. The van der Waals surface area contributed by atoms with E-state index in [9.17, 15) is 14.3 Å². The van der Waals surface area contributed by atoms with Crippen molar-refractivity contribution in [2.75, 3.05) is 6.54 Å². The number of phenolic OH excluding ortho intramolecular Hbond substituents is 1. The van der Waals surface area contributed by atoms with Gasteiger partial charge in [-0.15, -0.1) is 0 Å². The van der Waals surface area contributed by atoms with Crippen LogP contribution in [0.3, 0.4) is 0 Å². The predicted molar refractivity (Wildman–Crippen MR) is 81.3 cm³/mol. The van der Waals surface area contributed by atoms with E-state index in [1.54, 1.807) is 36.4 Å². The van der Waals surface area contributed by atoms with E-state index in [0.717, 1.165) is 5.56 Å². The highest BCUT2D eigenvalue weighted by Gasteiger charge is 2.08. The first-order valence-corrected chi connectivity index (χ1v) is 7.00. The number of rotatable bonds is 6. The number of carbonyl (C=O) groups excluding carboxylic acids is 1. The molecule has 22 heavy (non-hydrogen) atoms. The fourth-order valence-electron chi connectivity index (χ4n) is 1.96. The summed E-state index contributed by atoms with van der Waals surface area (Å²) in [4.78, 5) is 11.8. The average Bonchev–Trinajstić information content (AvgIpc) is 2.48. The molecule has 2 aromatic carbocycles. The van der Waals surface area contributed by atoms with Crippen LogP contribution in [-0.2, 0) is 11.2 Å². The molecular weight excluding hydrogens is 285 g/mol.